The second kappa shape index (κ2) is 4.66. The summed E-state index contributed by atoms with van der Waals surface area (Å²) in [5.74, 6) is 0.240. The van der Waals surface area contributed by atoms with E-state index in [9.17, 15) is 5.11 Å². The molecule has 0 atom stereocenters. The predicted octanol–water partition coefficient (Wildman–Crippen LogP) is 1.41. The van der Waals surface area contributed by atoms with Crippen LogP contribution in [0.5, 0.6) is 5.75 Å². The largest absolute Gasteiger partial charge is 0.508 e. The third-order valence-corrected chi connectivity index (χ3v) is 2.64. The number of rotatable bonds is 3. The minimum atomic E-state index is 0.240. The molecule has 1 aromatic carbocycles. The van der Waals surface area contributed by atoms with Crippen molar-refractivity contribution >= 4 is 0 Å². The van der Waals surface area contributed by atoms with E-state index in [2.05, 4.69) is 10.3 Å². The molecule has 0 aliphatic rings. The van der Waals surface area contributed by atoms with Crippen molar-refractivity contribution in [3.05, 3.63) is 41.2 Å². The van der Waals surface area contributed by atoms with E-state index < -0.39 is 0 Å². The molecule has 1 N–H and O–H groups in total. The Hall–Kier alpha value is -2.35. The number of hydrogen-bond donors (Lipinski definition) is 1. The molecule has 86 valence electrons. The van der Waals surface area contributed by atoms with Gasteiger partial charge in [-0.1, -0.05) is 23.4 Å². The highest BCUT2D eigenvalue weighted by molar-refractivity contribution is 5.32. The molecule has 0 saturated carbocycles. The fourth-order valence-electron chi connectivity index (χ4n) is 1.59. The number of hydrogen-bond acceptors (Lipinski definition) is 4. The summed E-state index contributed by atoms with van der Waals surface area (Å²) in [6.45, 7) is 2.32. The van der Waals surface area contributed by atoms with E-state index in [0.717, 1.165) is 11.3 Å². The van der Waals surface area contributed by atoms with E-state index in [1.165, 1.54) is 0 Å². The molecule has 2 rings (SSSR count). The zero-order valence-electron chi connectivity index (χ0n) is 9.46. The predicted molar refractivity (Wildman–Crippen MR) is 61.3 cm³/mol. The van der Waals surface area contributed by atoms with Crippen LogP contribution >= 0.6 is 0 Å². The van der Waals surface area contributed by atoms with Gasteiger partial charge in [-0.3, -0.25) is 0 Å². The molecular formula is C12H12N4O. The Morgan fingerprint density at radius 1 is 1.41 bits per heavy atom. The molecule has 0 amide bonds. The number of para-hydroxylation sites is 1. The molecule has 5 nitrogen and oxygen atoms in total. The molecule has 17 heavy (non-hydrogen) atoms. The molecule has 0 saturated heterocycles. The fraction of sp³-hybridized carbons (Fsp3) is 0.250. The molecule has 0 bridgehead atoms. The Balaban J connectivity index is 2.26. The Kier molecular flexibility index (Phi) is 3.06. The quantitative estimate of drug-likeness (QED) is 0.861. The average molecular weight is 228 g/mol. The van der Waals surface area contributed by atoms with Gasteiger partial charge in [-0.05, 0) is 13.0 Å². The van der Waals surface area contributed by atoms with Gasteiger partial charge < -0.3 is 5.11 Å². The lowest BCUT2D eigenvalue weighted by Gasteiger charge is -2.05. The van der Waals surface area contributed by atoms with Gasteiger partial charge in [0.05, 0.1) is 30.4 Å². The third kappa shape index (κ3) is 2.26. The zero-order valence-corrected chi connectivity index (χ0v) is 9.46. The average Bonchev–Trinajstić information content (AvgIpc) is 2.65. The van der Waals surface area contributed by atoms with Gasteiger partial charge in [0.1, 0.15) is 5.75 Å². The van der Waals surface area contributed by atoms with Crippen molar-refractivity contribution in [2.24, 2.45) is 0 Å². The van der Waals surface area contributed by atoms with Gasteiger partial charge in [0.25, 0.3) is 0 Å². The van der Waals surface area contributed by atoms with E-state index in [0.29, 0.717) is 12.2 Å². The van der Waals surface area contributed by atoms with Crippen LogP contribution in [0.1, 0.15) is 17.0 Å². The molecule has 0 radical (unpaired) electrons. The highest BCUT2D eigenvalue weighted by atomic mass is 16.3. The standard InChI is InChI=1S/C12H12N4O/c1-9-11(6-7-13)14-15-16(9)8-10-4-2-3-5-12(10)17/h2-5,17H,6,8H2,1H3. The number of phenolic OH excluding ortho intramolecular Hbond substituents is 1. The van der Waals surface area contributed by atoms with Crippen LogP contribution in [-0.2, 0) is 13.0 Å². The fourth-order valence-corrected chi connectivity index (χ4v) is 1.59. The number of aromatic nitrogens is 3. The third-order valence-electron chi connectivity index (χ3n) is 2.64. The number of benzene rings is 1. The summed E-state index contributed by atoms with van der Waals surface area (Å²) in [7, 11) is 0. The second-order valence-corrected chi connectivity index (χ2v) is 3.74. The Morgan fingerprint density at radius 2 is 2.18 bits per heavy atom. The summed E-state index contributed by atoms with van der Waals surface area (Å²) in [5.41, 5.74) is 2.32. The van der Waals surface area contributed by atoms with Gasteiger partial charge in [-0.2, -0.15) is 5.26 Å². The van der Waals surface area contributed by atoms with Crippen LogP contribution in [0.4, 0.5) is 0 Å². The highest BCUT2D eigenvalue weighted by Gasteiger charge is 2.09. The lowest BCUT2D eigenvalue weighted by Crippen LogP contribution is -2.04. The smallest absolute Gasteiger partial charge is 0.120 e. The van der Waals surface area contributed by atoms with E-state index in [-0.39, 0.29) is 12.2 Å². The van der Waals surface area contributed by atoms with Crippen molar-refractivity contribution < 1.29 is 5.11 Å². The number of phenols is 1. The Morgan fingerprint density at radius 3 is 2.88 bits per heavy atom. The van der Waals surface area contributed by atoms with Crippen LogP contribution in [0.3, 0.4) is 0 Å². The summed E-state index contributed by atoms with van der Waals surface area (Å²) < 4.78 is 1.68. The van der Waals surface area contributed by atoms with E-state index >= 15 is 0 Å². The summed E-state index contributed by atoms with van der Waals surface area (Å²) in [6, 6.07) is 9.15. The first-order valence-corrected chi connectivity index (χ1v) is 5.25. The molecule has 5 heteroatoms. The molecule has 0 unspecified atom stereocenters. The molecule has 2 aromatic rings. The van der Waals surface area contributed by atoms with Crippen molar-refractivity contribution in [3.63, 3.8) is 0 Å². The molecule has 0 aliphatic carbocycles. The van der Waals surface area contributed by atoms with Crippen molar-refractivity contribution in [3.8, 4) is 11.8 Å². The number of aromatic hydroxyl groups is 1. The summed E-state index contributed by atoms with van der Waals surface area (Å²) in [4.78, 5) is 0. The van der Waals surface area contributed by atoms with Crippen molar-refractivity contribution in [2.45, 2.75) is 19.9 Å². The van der Waals surface area contributed by atoms with Crippen LogP contribution < -0.4 is 0 Å². The molecular weight excluding hydrogens is 216 g/mol. The van der Waals surface area contributed by atoms with Crippen molar-refractivity contribution in [1.82, 2.24) is 15.0 Å². The highest BCUT2D eigenvalue weighted by Crippen LogP contribution is 2.17. The summed E-state index contributed by atoms with van der Waals surface area (Å²) >= 11 is 0. The lowest BCUT2D eigenvalue weighted by atomic mass is 10.2. The molecule has 0 aliphatic heterocycles. The van der Waals surface area contributed by atoms with Crippen molar-refractivity contribution in [2.75, 3.05) is 0 Å². The van der Waals surface area contributed by atoms with E-state index in [1.54, 1.807) is 16.8 Å². The Bertz CT molecular complexity index is 568. The molecule has 1 aromatic heterocycles. The van der Waals surface area contributed by atoms with Gasteiger partial charge in [0.2, 0.25) is 0 Å². The Labute approximate surface area is 98.9 Å². The van der Waals surface area contributed by atoms with Gasteiger partial charge in [-0.25, -0.2) is 4.68 Å². The van der Waals surface area contributed by atoms with Gasteiger partial charge in [0.15, 0.2) is 0 Å². The number of nitrogens with zero attached hydrogens (tertiary/aromatic N) is 4. The second-order valence-electron chi connectivity index (χ2n) is 3.74. The van der Waals surface area contributed by atoms with Crippen molar-refractivity contribution in [1.29, 1.82) is 5.26 Å². The van der Waals surface area contributed by atoms with E-state index in [1.807, 2.05) is 25.1 Å². The maximum absolute atomic E-state index is 9.66. The van der Waals surface area contributed by atoms with Gasteiger partial charge in [-0.15, -0.1) is 5.10 Å². The first-order chi connectivity index (χ1) is 8.22. The first-order valence-electron chi connectivity index (χ1n) is 5.25. The van der Waals surface area contributed by atoms with Gasteiger partial charge >= 0.3 is 0 Å². The lowest BCUT2D eigenvalue weighted by molar-refractivity contribution is 0.462. The van der Waals surface area contributed by atoms with Crippen LogP contribution in [0.25, 0.3) is 0 Å². The topological polar surface area (TPSA) is 74.7 Å². The van der Waals surface area contributed by atoms with Crippen LogP contribution in [-0.4, -0.2) is 20.1 Å². The first kappa shape index (κ1) is 11.1. The summed E-state index contributed by atoms with van der Waals surface area (Å²) in [6.07, 6.45) is 0.257. The molecule has 0 spiro atoms. The SMILES string of the molecule is Cc1c(CC#N)nnn1Cc1ccccc1O. The maximum atomic E-state index is 9.66. The molecule has 0 fully saturated rings. The van der Waals surface area contributed by atoms with Crippen LogP contribution in [0.15, 0.2) is 24.3 Å². The minimum absolute atomic E-state index is 0.240. The monoisotopic (exact) mass is 228 g/mol. The zero-order chi connectivity index (χ0) is 12.3. The minimum Gasteiger partial charge on any atom is -0.508 e. The van der Waals surface area contributed by atoms with Crippen LogP contribution in [0.2, 0.25) is 0 Å². The van der Waals surface area contributed by atoms with Crippen LogP contribution in [0, 0.1) is 18.3 Å². The summed E-state index contributed by atoms with van der Waals surface area (Å²) in [5, 5.41) is 26.2. The van der Waals surface area contributed by atoms with Gasteiger partial charge in [0, 0.05) is 5.56 Å². The molecule has 1 heterocycles. The number of nitriles is 1. The normalized spacial score (nSPS) is 10.1. The van der Waals surface area contributed by atoms with E-state index in [4.69, 9.17) is 5.26 Å². The maximum Gasteiger partial charge on any atom is 0.120 e.